The molecule has 2 aliphatic heterocycles. The predicted molar refractivity (Wildman–Crippen MR) is 95.0 cm³/mol. The fourth-order valence-corrected chi connectivity index (χ4v) is 3.20. The first-order chi connectivity index (χ1) is 11.8. The van der Waals surface area contributed by atoms with Crippen LogP contribution >= 0.6 is 0 Å². The van der Waals surface area contributed by atoms with Gasteiger partial charge in [0.2, 0.25) is 0 Å². The van der Waals surface area contributed by atoms with Crippen LogP contribution in [0.2, 0.25) is 0 Å². The quantitative estimate of drug-likeness (QED) is 0.880. The summed E-state index contributed by atoms with van der Waals surface area (Å²) in [5.74, 6) is 0.882. The van der Waals surface area contributed by atoms with Crippen molar-refractivity contribution >= 4 is 17.7 Å². The van der Waals surface area contributed by atoms with Gasteiger partial charge in [-0.25, -0.2) is 0 Å². The summed E-state index contributed by atoms with van der Waals surface area (Å²) in [7, 11) is 0. The Labute approximate surface area is 141 Å². The molecule has 1 atom stereocenters. The minimum atomic E-state index is -0.237. The molecule has 1 amide bonds. The molecular formula is C20H18N2O2. The van der Waals surface area contributed by atoms with Crippen molar-refractivity contribution in [1.82, 2.24) is 4.90 Å². The van der Waals surface area contributed by atoms with Crippen molar-refractivity contribution < 1.29 is 9.53 Å². The van der Waals surface area contributed by atoms with E-state index in [1.165, 1.54) is 0 Å². The second kappa shape index (κ2) is 5.89. The summed E-state index contributed by atoms with van der Waals surface area (Å²) in [5, 5.41) is 3.47. The van der Waals surface area contributed by atoms with Gasteiger partial charge in [0.15, 0.2) is 0 Å². The zero-order valence-electron chi connectivity index (χ0n) is 13.2. The van der Waals surface area contributed by atoms with Crippen molar-refractivity contribution in [3.63, 3.8) is 0 Å². The highest BCUT2D eigenvalue weighted by molar-refractivity contribution is 6.02. The van der Waals surface area contributed by atoms with Crippen molar-refractivity contribution in [3.05, 3.63) is 77.9 Å². The second-order valence-corrected chi connectivity index (χ2v) is 5.88. The maximum absolute atomic E-state index is 12.9. The normalized spacial score (nSPS) is 18.7. The fraction of sp³-hybridized carbons (Fsp3) is 0.150. The summed E-state index contributed by atoms with van der Waals surface area (Å²) in [6.45, 7) is 4.72. The summed E-state index contributed by atoms with van der Waals surface area (Å²) in [6.07, 6.45) is 3.62. The summed E-state index contributed by atoms with van der Waals surface area (Å²) in [6, 6.07) is 15.5. The first-order valence-corrected chi connectivity index (χ1v) is 7.97. The summed E-state index contributed by atoms with van der Waals surface area (Å²) >= 11 is 0. The van der Waals surface area contributed by atoms with Crippen LogP contribution in [0.15, 0.2) is 66.8 Å². The van der Waals surface area contributed by atoms with Crippen LogP contribution in [0.1, 0.15) is 15.9 Å². The van der Waals surface area contributed by atoms with E-state index in [1.54, 1.807) is 11.0 Å². The number of ether oxygens (including phenoxy) is 1. The number of rotatable bonds is 3. The molecule has 0 radical (unpaired) electrons. The molecule has 120 valence electrons. The van der Waals surface area contributed by atoms with Crippen LogP contribution in [0, 0.1) is 0 Å². The van der Waals surface area contributed by atoms with E-state index in [4.69, 9.17) is 4.74 Å². The van der Waals surface area contributed by atoms with Crippen LogP contribution in [-0.4, -0.2) is 30.1 Å². The van der Waals surface area contributed by atoms with Crippen LogP contribution in [0.4, 0.5) is 5.69 Å². The molecule has 2 aliphatic rings. The van der Waals surface area contributed by atoms with Gasteiger partial charge in [-0.05, 0) is 24.3 Å². The van der Waals surface area contributed by atoms with Crippen LogP contribution in [-0.2, 0) is 0 Å². The third-order valence-corrected chi connectivity index (χ3v) is 4.35. The molecule has 1 N–H and O–H groups in total. The highest BCUT2D eigenvalue weighted by atomic mass is 16.5. The average Bonchev–Trinajstić information content (AvgIpc) is 2.63. The van der Waals surface area contributed by atoms with Gasteiger partial charge in [0.25, 0.3) is 5.91 Å². The Morgan fingerprint density at radius 1 is 1.21 bits per heavy atom. The van der Waals surface area contributed by atoms with Gasteiger partial charge in [-0.15, -0.1) is 6.58 Å². The summed E-state index contributed by atoms with van der Waals surface area (Å²) < 4.78 is 5.87. The summed E-state index contributed by atoms with van der Waals surface area (Å²) in [5.41, 5.74) is 3.60. The van der Waals surface area contributed by atoms with E-state index < -0.39 is 0 Å². The van der Waals surface area contributed by atoms with Crippen molar-refractivity contribution in [2.24, 2.45) is 0 Å². The van der Waals surface area contributed by atoms with Gasteiger partial charge >= 0.3 is 0 Å². The van der Waals surface area contributed by atoms with Gasteiger partial charge in [0.05, 0.1) is 5.56 Å². The zero-order chi connectivity index (χ0) is 16.5. The minimum Gasteiger partial charge on any atom is -0.488 e. The van der Waals surface area contributed by atoms with E-state index in [1.807, 2.05) is 48.5 Å². The molecule has 2 aromatic rings. The predicted octanol–water partition coefficient (Wildman–Crippen LogP) is 3.54. The Bertz CT molecular complexity index is 841. The fourth-order valence-electron chi connectivity index (χ4n) is 3.20. The Balaban J connectivity index is 1.75. The molecule has 0 saturated heterocycles. The molecule has 0 fully saturated rings. The molecule has 0 bridgehead atoms. The lowest BCUT2D eigenvalue weighted by atomic mass is 10.0. The molecule has 4 heteroatoms. The number of carbonyl (C=O) groups excluding carboxylic acids is 1. The van der Waals surface area contributed by atoms with Crippen molar-refractivity contribution in [1.29, 1.82) is 0 Å². The van der Waals surface area contributed by atoms with Crippen LogP contribution in [0.5, 0.6) is 5.75 Å². The largest absolute Gasteiger partial charge is 0.488 e. The maximum atomic E-state index is 12.9. The van der Waals surface area contributed by atoms with Gasteiger partial charge in [-0.1, -0.05) is 36.4 Å². The molecule has 4 nitrogen and oxygen atoms in total. The number of hydrogen-bond donors (Lipinski definition) is 1. The van der Waals surface area contributed by atoms with Crippen LogP contribution < -0.4 is 10.1 Å². The van der Waals surface area contributed by atoms with E-state index in [0.717, 1.165) is 22.6 Å². The Kier molecular flexibility index (Phi) is 3.58. The molecule has 4 rings (SSSR count). The number of carbonyl (C=O) groups is 1. The van der Waals surface area contributed by atoms with Gasteiger partial charge in [0.1, 0.15) is 18.5 Å². The second-order valence-electron chi connectivity index (χ2n) is 5.88. The van der Waals surface area contributed by atoms with E-state index in [-0.39, 0.29) is 12.1 Å². The standard InChI is InChI=1S/C20H18N2O2/c1-2-11-22-19(21-17-9-5-4-8-16(17)20(22)23)15-12-14-7-3-6-10-18(14)24-13-15/h2-10,12,19,21H,1,11,13H2. The number of nitrogens with zero attached hydrogens (tertiary/aromatic N) is 1. The molecule has 0 saturated carbocycles. The smallest absolute Gasteiger partial charge is 0.258 e. The van der Waals surface area contributed by atoms with Gasteiger partial charge in [-0.2, -0.15) is 0 Å². The average molecular weight is 318 g/mol. The van der Waals surface area contributed by atoms with E-state index in [2.05, 4.69) is 18.0 Å². The first-order valence-electron chi connectivity index (χ1n) is 7.97. The molecule has 24 heavy (non-hydrogen) atoms. The molecule has 0 aliphatic carbocycles. The molecule has 0 spiro atoms. The van der Waals surface area contributed by atoms with Crippen molar-refractivity contribution in [3.8, 4) is 5.75 Å². The lowest BCUT2D eigenvalue weighted by molar-refractivity contribution is 0.0726. The molecule has 2 aromatic carbocycles. The molecule has 0 aromatic heterocycles. The van der Waals surface area contributed by atoms with Crippen molar-refractivity contribution in [2.75, 3.05) is 18.5 Å². The SMILES string of the molecule is C=CCN1C(=O)c2ccccc2NC1C1=Cc2ccccc2OC1. The Morgan fingerprint density at radius 3 is 2.88 bits per heavy atom. The third kappa shape index (κ3) is 2.36. The minimum absolute atomic E-state index is 0.00834. The van der Waals surface area contributed by atoms with Crippen LogP contribution in [0.3, 0.4) is 0 Å². The number of benzene rings is 2. The van der Waals surface area contributed by atoms with E-state index >= 15 is 0 Å². The molecule has 2 heterocycles. The number of para-hydroxylation sites is 2. The Hall–Kier alpha value is -3.01. The first kappa shape index (κ1) is 14.6. The number of amides is 1. The molecular weight excluding hydrogens is 300 g/mol. The number of fused-ring (bicyclic) bond motifs is 2. The Morgan fingerprint density at radius 2 is 2.00 bits per heavy atom. The number of nitrogens with one attached hydrogen (secondary N) is 1. The van der Waals surface area contributed by atoms with Crippen molar-refractivity contribution in [2.45, 2.75) is 6.17 Å². The van der Waals surface area contributed by atoms with Gasteiger partial charge < -0.3 is 15.0 Å². The summed E-state index contributed by atoms with van der Waals surface area (Å²) in [4.78, 5) is 14.7. The van der Waals surface area contributed by atoms with E-state index in [0.29, 0.717) is 18.7 Å². The number of anilines is 1. The maximum Gasteiger partial charge on any atom is 0.258 e. The van der Waals surface area contributed by atoms with E-state index in [9.17, 15) is 4.79 Å². The lowest BCUT2D eigenvalue weighted by Crippen LogP contribution is -2.50. The van der Waals surface area contributed by atoms with Crippen LogP contribution in [0.25, 0.3) is 6.08 Å². The monoisotopic (exact) mass is 318 g/mol. The molecule has 1 unspecified atom stereocenters. The highest BCUT2D eigenvalue weighted by Crippen LogP contribution is 2.32. The zero-order valence-corrected chi connectivity index (χ0v) is 13.2. The number of hydrogen-bond acceptors (Lipinski definition) is 3. The van der Waals surface area contributed by atoms with Gasteiger partial charge in [-0.3, -0.25) is 4.79 Å². The lowest BCUT2D eigenvalue weighted by Gasteiger charge is -2.39. The topological polar surface area (TPSA) is 41.6 Å². The van der Waals surface area contributed by atoms with Gasteiger partial charge in [0, 0.05) is 23.4 Å². The highest BCUT2D eigenvalue weighted by Gasteiger charge is 2.34. The third-order valence-electron chi connectivity index (χ3n) is 4.35.